The fourth-order valence-corrected chi connectivity index (χ4v) is 1.36. The highest BCUT2D eigenvalue weighted by Gasteiger charge is 2.12. The second-order valence-corrected chi connectivity index (χ2v) is 3.21. The van der Waals surface area contributed by atoms with Crippen molar-refractivity contribution in [2.24, 2.45) is 0 Å². The Morgan fingerprint density at radius 3 is 2.43 bits per heavy atom. The molecule has 0 spiro atoms. The van der Waals surface area contributed by atoms with Gasteiger partial charge in [-0.1, -0.05) is 37.3 Å². The molecule has 14 heavy (non-hydrogen) atoms. The number of likely N-dealkylation sites (N-methyl/N-ethyl adjacent to an activating group) is 1. The van der Waals surface area contributed by atoms with Gasteiger partial charge in [0.15, 0.2) is 0 Å². The minimum Gasteiger partial charge on any atom is -0.392 e. The largest absolute Gasteiger partial charge is 0.392 e. The Morgan fingerprint density at radius 1 is 1.29 bits per heavy atom. The molecule has 1 aromatic rings. The SMILES string of the molecule is CCN(Cc1ccccc1)C(O)CO. The molecule has 1 rings (SSSR count). The first-order chi connectivity index (χ1) is 6.77. The van der Waals surface area contributed by atoms with Crippen LogP contribution in [0, 0.1) is 0 Å². The molecular weight excluding hydrogens is 178 g/mol. The maximum Gasteiger partial charge on any atom is 0.131 e. The number of hydrogen-bond donors (Lipinski definition) is 2. The van der Waals surface area contributed by atoms with Crippen molar-refractivity contribution in [3.8, 4) is 0 Å². The van der Waals surface area contributed by atoms with Crippen LogP contribution in [0.5, 0.6) is 0 Å². The predicted molar refractivity (Wildman–Crippen MR) is 55.6 cm³/mol. The third-order valence-corrected chi connectivity index (χ3v) is 2.22. The molecule has 0 fully saturated rings. The summed E-state index contributed by atoms with van der Waals surface area (Å²) >= 11 is 0. The van der Waals surface area contributed by atoms with Gasteiger partial charge in [0.1, 0.15) is 6.23 Å². The molecule has 0 aliphatic rings. The van der Waals surface area contributed by atoms with Gasteiger partial charge in [-0.3, -0.25) is 4.90 Å². The molecule has 0 aliphatic heterocycles. The molecule has 0 amide bonds. The lowest BCUT2D eigenvalue weighted by Crippen LogP contribution is -2.37. The molecule has 1 unspecified atom stereocenters. The summed E-state index contributed by atoms with van der Waals surface area (Å²) in [6.07, 6.45) is -0.764. The Labute approximate surface area is 84.6 Å². The number of aliphatic hydroxyl groups is 2. The second-order valence-electron chi connectivity index (χ2n) is 3.21. The summed E-state index contributed by atoms with van der Waals surface area (Å²) in [6.45, 7) is 3.12. The third kappa shape index (κ3) is 3.10. The molecule has 3 nitrogen and oxygen atoms in total. The number of benzene rings is 1. The average molecular weight is 195 g/mol. The van der Waals surface area contributed by atoms with Crippen LogP contribution in [0.3, 0.4) is 0 Å². The zero-order valence-electron chi connectivity index (χ0n) is 8.43. The lowest BCUT2D eigenvalue weighted by molar-refractivity contribution is -0.0367. The molecule has 1 atom stereocenters. The van der Waals surface area contributed by atoms with Gasteiger partial charge < -0.3 is 10.2 Å². The van der Waals surface area contributed by atoms with Gasteiger partial charge in [-0.15, -0.1) is 0 Å². The molecular formula is C11H17NO2. The molecule has 78 valence electrons. The number of hydrogen-bond acceptors (Lipinski definition) is 3. The Balaban J connectivity index is 2.57. The van der Waals surface area contributed by atoms with Crippen LogP contribution < -0.4 is 0 Å². The van der Waals surface area contributed by atoms with Crippen LogP contribution in [0.2, 0.25) is 0 Å². The van der Waals surface area contributed by atoms with E-state index < -0.39 is 6.23 Å². The second kappa shape index (κ2) is 5.75. The fourth-order valence-electron chi connectivity index (χ4n) is 1.36. The van der Waals surface area contributed by atoms with E-state index in [0.29, 0.717) is 6.54 Å². The van der Waals surface area contributed by atoms with Crippen LogP contribution in [0.4, 0.5) is 0 Å². The third-order valence-electron chi connectivity index (χ3n) is 2.22. The topological polar surface area (TPSA) is 43.7 Å². The van der Waals surface area contributed by atoms with Crippen LogP contribution in [0.1, 0.15) is 12.5 Å². The highest BCUT2D eigenvalue weighted by molar-refractivity contribution is 5.14. The van der Waals surface area contributed by atoms with E-state index in [4.69, 9.17) is 5.11 Å². The monoisotopic (exact) mass is 195 g/mol. The fraction of sp³-hybridized carbons (Fsp3) is 0.455. The summed E-state index contributed by atoms with van der Waals surface area (Å²) in [7, 11) is 0. The molecule has 0 bridgehead atoms. The molecule has 0 radical (unpaired) electrons. The molecule has 0 heterocycles. The Hall–Kier alpha value is -0.900. The van der Waals surface area contributed by atoms with Gasteiger partial charge in [0, 0.05) is 6.54 Å². The van der Waals surface area contributed by atoms with E-state index >= 15 is 0 Å². The van der Waals surface area contributed by atoms with E-state index in [1.54, 1.807) is 0 Å². The minimum absolute atomic E-state index is 0.222. The van der Waals surface area contributed by atoms with Gasteiger partial charge in [-0.05, 0) is 12.1 Å². The van der Waals surface area contributed by atoms with Crippen molar-refractivity contribution in [3.05, 3.63) is 35.9 Å². The normalized spacial score (nSPS) is 13.1. The zero-order chi connectivity index (χ0) is 10.4. The van der Waals surface area contributed by atoms with Crippen LogP contribution in [0.15, 0.2) is 30.3 Å². The average Bonchev–Trinajstić information content (AvgIpc) is 2.26. The van der Waals surface area contributed by atoms with Crippen molar-refractivity contribution in [2.75, 3.05) is 13.2 Å². The molecule has 2 N–H and O–H groups in total. The molecule has 1 aromatic carbocycles. The first kappa shape index (κ1) is 11.2. The molecule has 3 heteroatoms. The number of rotatable bonds is 5. The van der Waals surface area contributed by atoms with Gasteiger partial charge in [0.2, 0.25) is 0 Å². The van der Waals surface area contributed by atoms with E-state index in [-0.39, 0.29) is 6.61 Å². The van der Waals surface area contributed by atoms with Gasteiger partial charge in [0.05, 0.1) is 6.61 Å². The summed E-state index contributed by atoms with van der Waals surface area (Å²) in [4.78, 5) is 1.81. The van der Waals surface area contributed by atoms with Crippen LogP contribution in [-0.4, -0.2) is 34.5 Å². The smallest absolute Gasteiger partial charge is 0.131 e. The van der Waals surface area contributed by atoms with Crippen molar-refractivity contribution in [1.29, 1.82) is 0 Å². The minimum atomic E-state index is -0.764. The summed E-state index contributed by atoms with van der Waals surface area (Å²) in [5, 5.41) is 18.3. The van der Waals surface area contributed by atoms with Gasteiger partial charge >= 0.3 is 0 Å². The standard InChI is InChI=1S/C11H17NO2/c1-2-12(11(14)9-13)8-10-6-4-3-5-7-10/h3-7,11,13-14H,2,8-9H2,1H3. The van der Waals surface area contributed by atoms with Crippen LogP contribution in [-0.2, 0) is 6.54 Å². The summed E-state index contributed by atoms with van der Waals surface area (Å²) in [5.41, 5.74) is 1.14. The lowest BCUT2D eigenvalue weighted by atomic mass is 10.2. The van der Waals surface area contributed by atoms with Crippen LogP contribution in [0.25, 0.3) is 0 Å². The van der Waals surface area contributed by atoms with Gasteiger partial charge in [0.25, 0.3) is 0 Å². The Kier molecular flexibility index (Phi) is 4.59. The molecule has 0 saturated carbocycles. The Morgan fingerprint density at radius 2 is 1.93 bits per heavy atom. The van der Waals surface area contributed by atoms with Gasteiger partial charge in [-0.2, -0.15) is 0 Å². The zero-order valence-corrected chi connectivity index (χ0v) is 8.43. The van der Waals surface area contributed by atoms with Crippen molar-refractivity contribution in [2.45, 2.75) is 19.7 Å². The van der Waals surface area contributed by atoms with E-state index in [1.165, 1.54) is 0 Å². The first-order valence-electron chi connectivity index (χ1n) is 4.84. The number of nitrogens with zero attached hydrogens (tertiary/aromatic N) is 1. The lowest BCUT2D eigenvalue weighted by Gasteiger charge is -2.24. The Bertz CT molecular complexity index is 251. The van der Waals surface area contributed by atoms with Crippen molar-refractivity contribution < 1.29 is 10.2 Å². The maximum absolute atomic E-state index is 9.45. The molecule has 0 aromatic heterocycles. The summed E-state index contributed by atoms with van der Waals surface area (Å²) in [5.74, 6) is 0. The van der Waals surface area contributed by atoms with Crippen molar-refractivity contribution in [1.82, 2.24) is 4.90 Å². The predicted octanol–water partition coefficient (Wildman–Crippen LogP) is 0.819. The van der Waals surface area contributed by atoms with Crippen molar-refractivity contribution in [3.63, 3.8) is 0 Å². The van der Waals surface area contributed by atoms with E-state index in [0.717, 1.165) is 12.1 Å². The molecule has 0 aliphatic carbocycles. The van der Waals surface area contributed by atoms with Crippen molar-refractivity contribution >= 4 is 0 Å². The van der Waals surface area contributed by atoms with E-state index in [2.05, 4.69) is 0 Å². The quantitative estimate of drug-likeness (QED) is 0.684. The van der Waals surface area contributed by atoms with E-state index in [9.17, 15) is 5.11 Å². The summed E-state index contributed by atoms with van der Waals surface area (Å²) < 4.78 is 0. The summed E-state index contributed by atoms with van der Waals surface area (Å²) in [6, 6.07) is 9.91. The van der Waals surface area contributed by atoms with E-state index in [1.807, 2.05) is 42.2 Å². The first-order valence-corrected chi connectivity index (χ1v) is 4.84. The highest BCUT2D eigenvalue weighted by Crippen LogP contribution is 2.06. The highest BCUT2D eigenvalue weighted by atomic mass is 16.3. The molecule has 0 saturated heterocycles. The van der Waals surface area contributed by atoms with Crippen LogP contribution >= 0.6 is 0 Å². The number of aliphatic hydroxyl groups excluding tert-OH is 2. The maximum atomic E-state index is 9.45. The van der Waals surface area contributed by atoms with Gasteiger partial charge in [-0.25, -0.2) is 0 Å².